The maximum Gasteiger partial charge on any atom is 0.333 e. The lowest BCUT2D eigenvalue weighted by Crippen LogP contribution is -2.30. The van der Waals surface area contributed by atoms with Crippen molar-refractivity contribution in [1.82, 2.24) is 5.32 Å². The quantitative estimate of drug-likeness (QED) is 0.634. The highest BCUT2D eigenvalue weighted by Gasteiger charge is 2.17. The van der Waals surface area contributed by atoms with Gasteiger partial charge >= 0.3 is 5.97 Å². The first kappa shape index (κ1) is 20.5. The first-order chi connectivity index (χ1) is 13.1. The highest BCUT2D eigenvalue weighted by molar-refractivity contribution is 5.77. The Morgan fingerprint density at radius 3 is 2.37 bits per heavy atom. The Morgan fingerprint density at radius 1 is 1.04 bits per heavy atom. The zero-order chi connectivity index (χ0) is 19.5. The molecule has 0 saturated carbocycles. The van der Waals surface area contributed by atoms with Gasteiger partial charge in [0.25, 0.3) is 5.91 Å². The van der Waals surface area contributed by atoms with Crippen molar-refractivity contribution in [2.45, 2.75) is 25.9 Å². The molecule has 2 rings (SSSR count). The molecule has 2 N–H and O–H groups in total. The predicted octanol–water partition coefficient (Wildman–Crippen LogP) is 2.46. The number of rotatable bonds is 11. The highest BCUT2D eigenvalue weighted by atomic mass is 16.5. The summed E-state index contributed by atoms with van der Waals surface area (Å²) in [6.07, 6.45) is 0.187. The van der Waals surface area contributed by atoms with Crippen LogP contribution in [-0.2, 0) is 27.2 Å². The average molecular weight is 371 g/mol. The summed E-state index contributed by atoms with van der Waals surface area (Å²) < 4.78 is 10.7. The number of hydrogen-bond donors (Lipinski definition) is 2. The molecule has 0 aliphatic heterocycles. The minimum Gasteiger partial charge on any atom is -0.484 e. The fraction of sp³-hybridized carbons (Fsp3) is 0.333. The first-order valence-electron chi connectivity index (χ1n) is 8.95. The van der Waals surface area contributed by atoms with Crippen LogP contribution in [0.5, 0.6) is 5.75 Å². The Hall–Kier alpha value is -2.86. The molecule has 0 aliphatic rings. The second-order valence-corrected chi connectivity index (χ2v) is 6.00. The number of carboxylic acids is 1. The van der Waals surface area contributed by atoms with E-state index in [-0.39, 0.29) is 18.9 Å². The monoisotopic (exact) mass is 371 g/mol. The summed E-state index contributed by atoms with van der Waals surface area (Å²) in [5.41, 5.74) is 2.00. The number of carboxylic acid groups (broad SMARTS) is 1. The number of amides is 1. The summed E-state index contributed by atoms with van der Waals surface area (Å²) in [6, 6.07) is 16.9. The first-order valence-corrected chi connectivity index (χ1v) is 8.95. The van der Waals surface area contributed by atoms with Gasteiger partial charge < -0.3 is 19.9 Å². The van der Waals surface area contributed by atoms with E-state index in [0.717, 1.165) is 12.0 Å². The molecule has 0 saturated heterocycles. The molecule has 27 heavy (non-hydrogen) atoms. The lowest BCUT2D eigenvalue weighted by Gasteiger charge is -2.13. The third-order valence-corrected chi connectivity index (χ3v) is 3.94. The van der Waals surface area contributed by atoms with E-state index in [1.54, 1.807) is 31.2 Å². The molecule has 0 aromatic heterocycles. The minimum absolute atomic E-state index is 0.0646. The largest absolute Gasteiger partial charge is 0.484 e. The van der Waals surface area contributed by atoms with Gasteiger partial charge in [0.15, 0.2) is 12.7 Å². The summed E-state index contributed by atoms with van der Waals surface area (Å²) in [7, 11) is 0. The number of benzene rings is 2. The average Bonchev–Trinajstić information content (AvgIpc) is 2.68. The molecule has 0 aliphatic carbocycles. The lowest BCUT2D eigenvalue weighted by molar-refractivity contribution is -0.150. The van der Waals surface area contributed by atoms with E-state index >= 15 is 0 Å². The van der Waals surface area contributed by atoms with Gasteiger partial charge in [0, 0.05) is 19.6 Å². The number of ether oxygens (including phenoxy) is 2. The SMILES string of the molecule is CCOC(Cc1ccc(OCC(=O)NCCc2ccccc2)cc1)C(=O)O. The van der Waals surface area contributed by atoms with E-state index in [1.165, 1.54) is 5.56 Å². The summed E-state index contributed by atoms with van der Waals surface area (Å²) >= 11 is 0. The molecule has 144 valence electrons. The van der Waals surface area contributed by atoms with Crippen LogP contribution < -0.4 is 10.1 Å². The van der Waals surface area contributed by atoms with Crippen molar-refractivity contribution in [2.75, 3.05) is 19.8 Å². The molecule has 0 radical (unpaired) electrons. The number of carbonyl (C=O) groups excluding carboxylic acids is 1. The molecule has 0 heterocycles. The summed E-state index contributed by atoms with van der Waals surface area (Å²) in [5, 5.41) is 11.9. The van der Waals surface area contributed by atoms with Gasteiger partial charge in [-0.25, -0.2) is 4.79 Å². The van der Waals surface area contributed by atoms with Gasteiger partial charge in [-0.1, -0.05) is 42.5 Å². The molecule has 6 heteroatoms. The van der Waals surface area contributed by atoms with Crippen LogP contribution in [0.3, 0.4) is 0 Å². The molecular weight excluding hydrogens is 346 g/mol. The fourth-order valence-corrected chi connectivity index (χ4v) is 2.55. The lowest BCUT2D eigenvalue weighted by atomic mass is 10.1. The van der Waals surface area contributed by atoms with E-state index in [1.807, 2.05) is 30.3 Å². The number of nitrogens with one attached hydrogen (secondary N) is 1. The van der Waals surface area contributed by atoms with Gasteiger partial charge in [-0.2, -0.15) is 0 Å². The summed E-state index contributed by atoms with van der Waals surface area (Å²) in [6.45, 7) is 2.60. The molecular formula is C21H25NO5. The van der Waals surface area contributed by atoms with Crippen LogP contribution in [0.25, 0.3) is 0 Å². The van der Waals surface area contributed by atoms with Gasteiger partial charge in [-0.3, -0.25) is 4.79 Å². The van der Waals surface area contributed by atoms with E-state index in [9.17, 15) is 9.59 Å². The minimum atomic E-state index is -0.982. The zero-order valence-electron chi connectivity index (χ0n) is 15.4. The van der Waals surface area contributed by atoms with Gasteiger partial charge in [-0.15, -0.1) is 0 Å². The van der Waals surface area contributed by atoms with Crippen molar-refractivity contribution < 1.29 is 24.2 Å². The molecule has 1 atom stereocenters. The predicted molar refractivity (Wildman–Crippen MR) is 102 cm³/mol. The van der Waals surface area contributed by atoms with Crippen molar-refractivity contribution in [3.05, 3.63) is 65.7 Å². The Morgan fingerprint density at radius 2 is 1.74 bits per heavy atom. The van der Waals surface area contributed by atoms with Crippen molar-refractivity contribution >= 4 is 11.9 Å². The third kappa shape index (κ3) is 7.50. The van der Waals surface area contributed by atoms with Crippen molar-refractivity contribution in [3.63, 3.8) is 0 Å². The molecule has 1 unspecified atom stereocenters. The van der Waals surface area contributed by atoms with Crippen LogP contribution in [0, 0.1) is 0 Å². The third-order valence-electron chi connectivity index (χ3n) is 3.94. The maximum atomic E-state index is 11.8. The zero-order valence-corrected chi connectivity index (χ0v) is 15.4. The van der Waals surface area contributed by atoms with Gasteiger partial charge in [0.1, 0.15) is 5.75 Å². The Labute approximate surface area is 159 Å². The summed E-state index contributed by atoms with van der Waals surface area (Å²) in [5.74, 6) is -0.609. The van der Waals surface area contributed by atoms with E-state index < -0.39 is 12.1 Å². The van der Waals surface area contributed by atoms with Crippen molar-refractivity contribution in [3.8, 4) is 5.75 Å². The van der Waals surface area contributed by atoms with Crippen LogP contribution in [-0.4, -0.2) is 42.8 Å². The molecule has 2 aromatic carbocycles. The van der Waals surface area contributed by atoms with Crippen molar-refractivity contribution in [1.29, 1.82) is 0 Å². The smallest absolute Gasteiger partial charge is 0.333 e. The fourth-order valence-electron chi connectivity index (χ4n) is 2.55. The maximum absolute atomic E-state index is 11.8. The topological polar surface area (TPSA) is 84.9 Å². The molecule has 6 nitrogen and oxygen atoms in total. The summed E-state index contributed by atoms with van der Waals surface area (Å²) in [4.78, 5) is 23.0. The second kappa shape index (κ2) is 11.0. The molecule has 0 spiro atoms. The number of hydrogen-bond acceptors (Lipinski definition) is 4. The van der Waals surface area contributed by atoms with Crippen LogP contribution in [0.2, 0.25) is 0 Å². The van der Waals surface area contributed by atoms with Crippen molar-refractivity contribution in [2.24, 2.45) is 0 Å². The molecule has 0 fully saturated rings. The second-order valence-electron chi connectivity index (χ2n) is 6.00. The van der Waals surface area contributed by atoms with Gasteiger partial charge in [-0.05, 0) is 36.6 Å². The molecule has 2 aromatic rings. The van der Waals surface area contributed by atoms with Gasteiger partial charge in [0.2, 0.25) is 0 Å². The normalized spacial score (nSPS) is 11.6. The Bertz CT molecular complexity index is 715. The molecule has 0 bridgehead atoms. The van der Waals surface area contributed by atoms with Crippen LogP contribution >= 0.6 is 0 Å². The Balaban J connectivity index is 1.72. The number of aliphatic carboxylic acids is 1. The van der Waals surface area contributed by atoms with E-state index in [4.69, 9.17) is 14.6 Å². The highest BCUT2D eigenvalue weighted by Crippen LogP contribution is 2.14. The van der Waals surface area contributed by atoms with Gasteiger partial charge in [0.05, 0.1) is 0 Å². The standard InChI is InChI=1S/C21H25NO5/c1-2-26-19(21(24)25)14-17-8-10-18(11-9-17)27-15-20(23)22-13-12-16-6-4-3-5-7-16/h3-11,19H,2,12-15H2,1H3,(H,22,23)(H,24,25). The van der Waals surface area contributed by atoms with Crippen LogP contribution in [0.1, 0.15) is 18.1 Å². The molecule has 1 amide bonds. The van der Waals surface area contributed by atoms with E-state index in [2.05, 4.69) is 5.32 Å². The van der Waals surface area contributed by atoms with E-state index in [0.29, 0.717) is 18.9 Å². The van der Waals surface area contributed by atoms with Crippen LogP contribution in [0.15, 0.2) is 54.6 Å². The van der Waals surface area contributed by atoms with Crippen LogP contribution in [0.4, 0.5) is 0 Å². The Kier molecular flexibility index (Phi) is 8.32. The number of carbonyl (C=O) groups is 2.